The Labute approximate surface area is 116 Å². The minimum atomic E-state index is 0.420. The Morgan fingerprint density at radius 3 is 2.53 bits per heavy atom. The number of anilines is 2. The average Bonchev–Trinajstić information content (AvgIpc) is 2.82. The van der Waals surface area contributed by atoms with Crippen molar-refractivity contribution in [3.8, 4) is 0 Å². The Bertz CT molecular complexity index is 592. The van der Waals surface area contributed by atoms with Gasteiger partial charge in [-0.1, -0.05) is 30.0 Å². The van der Waals surface area contributed by atoms with Gasteiger partial charge < -0.3 is 11.5 Å². The molecule has 0 unspecified atom stereocenters. The molecule has 19 heavy (non-hydrogen) atoms. The van der Waals surface area contributed by atoms with Crippen LogP contribution in [0.2, 0.25) is 0 Å². The van der Waals surface area contributed by atoms with Crippen LogP contribution >= 0.6 is 11.8 Å². The van der Waals surface area contributed by atoms with E-state index in [0.717, 1.165) is 5.75 Å². The van der Waals surface area contributed by atoms with E-state index in [1.165, 1.54) is 36.0 Å². The minimum absolute atomic E-state index is 0.420. The van der Waals surface area contributed by atoms with Gasteiger partial charge in [0.05, 0.1) is 0 Å². The monoisotopic (exact) mass is 272 g/mol. The fourth-order valence-electron chi connectivity index (χ4n) is 2.39. The molecule has 0 spiro atoms. The first kappa shape index (κ1) is 12.3. The van der Waals surface area contributed by atoms with Crippen molar-refractivity contribution in [1.82, 2.24) is 9.97 Å². The Morgan fingerprint density at radius 1 is 1.00 bits per heavy atom. The number of nitrogen functional groups attached to an aromatic ring is 2. The zero-order chi connectivity index (χ0) is 13.2. The second-order valence-electron chi connectivity index (χ2n) is 4.75. The molecule has 4 N–H and O–H groups in total. The highest BCUT2D eigenvalue weighted by molar-refractivity contribution is 7.98. The molecule has 3 rings (SSSR count). The molecule has 5 heteroatoms. The van der Waals surface area contributed by atoms with Gasteiger partial charge in [-0.2, -0.15) is 0 Å². The first-order valence-electron chi connectivity index (χ1n) is 6.34. The van der Waals surface area contributed by atoms with Gasteiger partial charge in [0.25, 0.3) is 0 Å². The van der Waals surface area contributed by atoms with E-state index in [0.29, 0.717) is 16.8 Å². The maximum atomic E-state index is 5.66. The SMILES string of the molecule is Nc1cc(N)nc(SCc2ccc3c(c2)CCC3)n1. The minimum Gasteiger partial charge on any atom is -0.383 e. The lowest BCUT2D eigenvalue weighted by atomic mass is 10.1. The fraction of sp³-hybridized carbons (Fsp3) is 0.286. The number of hydrogen-bond donors (Lipinski definition) is 2. The summed E-state index contributed by atoms with van der Waals surface area (Å²) < 4.78 is 0. The van der Waals surface area contributed by atoms with Crippen molar-refractivity contribution < 1.29 is 0 Å². The summed E-state index contributed by atoms with van der Waals surface area (Å²) >= 11 is 1.57. The number of rotatable bonds is 3. The number of aryl methyl sites for hydroxylation is 2. The first-order valence-corrected chi connectivity index (χ1v) is 7.33. The molecule has 1 aromatic heterocycles. The van der Waals surface area contributed by atoms with Crippen molar-refractivity contribution in [1.29, 1.82) is 0 Å². The van der Waals surface area contributed by atoms with Crippen LogP contribution in [0, 0.1) is 0 Å². The quantitative estimate of drug-likeness (QED) is 0.662. The van der Waals surface area contributed by atoms with E-state index in [1.54, 1.807) is 17.8 Å². The van der Waals surface area contributed by atoms with E-state index in [4.69, 9.17) is 11.5 Å². The van der Waals surface area contributed by atoms with Gasteiger partial charge >= 0.3 is 0 Å². The van der Waals surface area contributed by atoms with Crippen LogP contribution in [0.4, 0.5) is 11.6 Å². The Balaban J connectivity index is 1.72. The van der Waals surface area contributed by atoms with E-state index >= 15 is 0 Å². The smallest absolute Gasteiger partial charge is 0.191 e. The van der Waals surface area contributed by atoms with Gasteiger partial charge in [0.2, 0.25) is 0 Å². The number of nitrogens with zero attached hydrogens (tertiary/aromatic N) is 2. The average molecular weight is 272 g/mol. The van der Waals surface area contributed by atoms with Gasteiger partial charge in [0, 0.05) is 11.8 Å². The normalized spacial score (nSPS) is 13.5. The lowest BCUT2D eigenvalue weighted by Crippen LogP contribution is -1.99. The Kier molecular flexibility index (Phi) is 3.29. The summed E-state index contributed by atoms with van der Waals surface area (Å²) in [6.07, 6.45) is 3.70. The molecule has 1 aliphatic rings. The molecule has 0 atom stereocenters. The van der Waals surface area contributed by atoms with Crippen LogP contribution in [-0.4, -0.2) is 9.97 Å². The largest absolute Gasteiger partial charge is 0.383 e. The first-order chi connectivity index (χ1) is 9.20. The Morgan fingerprint density at radius 2 is 1.74 bits per heavy atom. The van der Waals surface area contributed by atoms with Crippen molar-refractivity contribution in [2.45, 2.75) is 30.2 Å². The van der Waals surface area contributed by atoms with Crippen molar-refractivity contribution in [2.24, 2.45) is 0 Å². The summed E-state index contributed by atoms with van der Waals surface area (Å²) in [5, 5.41) is 0.637. The van der Waals surface area contributed by atoms with Gasteiger partial charge in [0.1, 0.15) is 11.6 Å². The molecule has 0 bridgehead atoms. The zero-order valence-electron chi connectivity index (χ0n) is 10.6. The van der Waals surface area contributed by atoms with Crippen LogP contribution in [0.3, 0.4) is 0 Å². The summed E-state index contributed by atoms with van der Waals surface area (Å²) in [7, 11) is 0. The third kappa shape index (κ3) is 2.81. The summed E-state index contributed by atoms with van der Waals surface area (Å²) in [5.74, 6) is 1.68. The highest BCUT2D eigenvalue weighted by Gasteiger charge is 2.11. The van der Waals surface area contributed by atoms with E-state index in [-0.39, 0.29) is 0 Å². The van der Waals surface area contributed by atoms with Crippen LogP contribution in [0.15, 0.2) is 29.4 Å². The highest BCUT2D eigenvalue weighted by Crippen LogP contribution is 2.26. The molecule has 1 aromatic carbocycles. The van der Waals surface area contributed by atoms with E-state index < -0.39 is 0 Å². The van der Waals surface area contributed by atoms with Crippen LogP contribution < -0.4 is 11.5 Å². The molecule has 0 saturated heterocycles. The number of thioether (sulfide) groups is 1. The Hall–Kier alpha value is -1.75. The third-order valence-electron chi connectivity index (χ3n) is 3.28. The molecule has 4 nitrogen and oxygen atoms in total. The van der Waals surface area contributed by atoms with Crippen LogP contribution in [0.1, 0.15) is 23.1 Å². The molecule has 1 heterocycles. The predicted octanol–water partition coefficient (Wildman–Crippen LogP) is 2.42. The van der Waals surface area contributed by atoms with Crippen LogP contribution in [-0.2, 0) is 18.6 Å². The third-order valence-corrected chi connectivity index (χ3v) is 4.19. The maximum Gasteiger partial charge on any atom is 0.191 e. The summed E-state index contributed by atoms with van der Waals surface area (Å²) in [6.45, 7) is 0. The van der Waals surface area contributed by atoms with Gasteiger partial charge in [-0.3, -0.25) is 0 Å². The predicted molar refractivity (Wildman–Crippen MR) is 78.9 cm³/mol. The molecule has 0 aliphatic heterocycles. The molecule has 1 aliphatic carbocycles. The van der Waals surface area contributed by atoms with Gasteiger partial charge in [-0.05, 0) is 36.0 Å². The second-order valence-corrected chi connectivity index (χ2v) is 5.69. The van der Waals surface area contributed by atoms with Gasteiger partial charge in [-0.25, -0.2) is 9.97 Å². The second kappa shape index (κ2) is 5.09. The van der Waals surface area contributed by atoms with Crippen molar-refractivity contribution in [3.05, 3.63) is 41.0 Å². The molecule has 0 fully saturated rings. The van der Waals surface area contributed by atoms with Crippen LogP contribution in [0.25, 0.3) is 0 Å². The van der Waals surface area contributed by atoms with Crippen molar-refractivity contribution >= 4 is 23.4 Å². The fourth-order valence-corrected chi connectivity index (χ4v) is 3.20. The van der Waals surface area contributed by atoms with E-state index in [1.807, 2.05) is 0 Å². The number of nitrogens with two attached hydrogens (primary N) is 2. The molecule has 98 valence electrons. The standard InChI is InChI=1S/C14H16N4S/c15-12-7-13(16)18-14(17-12)19-8-9-4-5-10-2-1-3-11(10)6-9/h4-7H,1-3,8H2,(H4,15,16,17,18). The molecular formula is C14H16N4S. The van der Waals surface area contributed by atoms with Gasteiger partial charge in [0.15, 0.2) is 5.16 Å². The summed E-state index contributed by atoms with van der Waals surface area (Å²) in [5.41, 5.74) is 15.6. The van der Waals surface area contributed by atoms with E-state index in [9.17, 15) is 0 Å². The number of hydrogen-bond acceptors (Lipinski definition) is 5. The molecule has 0 radical (unpaired) electrons. The summed E-state index contributed by atoms with van der Waals surface area (Å²) in [4.78, 5) is 8.34. The number of aromatic nitrogens is 2. The zero-order valence-corrected chi connectivity index (χ0v) is 11.4. The van der Waals surface area contributed by atoms with Crippen molar-refractivity contribution in [3.63, 3.8) is 0 Å². The lowest BCUT2D eigenvalue weighted by Gasteiger charge is -2.05. The van der Waals surface area contributed by atoms with Crippen molar-refractivity contribution in [2.75, 3.05) is 11.5 Å². The summed E-state index contributed by atoms with van der Waals surface area (Å²) in [6, 6.07) is 8.30. The van der Waals surface area contributed by atoms with E-state index in [2.05, 4.69) is 28.2 Å². The molecule has 0 saturated carbocycles. The number of benzene rings is 1. The maximum absolute atomic E-state index is 5.66. The van der Waals surface area contributed by atoms with Crippen LogP contribution in [0.5, 0.6) is 0 Å². The highest BCUT2D eigenvalue weighted by atomic mass is 32.2. The lowest BCUT2D eigenvalue weighted by molar-refractivity contribution is 0.911. The number of fused-ring (bicyclic) bond motifs is 1. The molecular weight excluding hydrogens is 256 g/mol. The molecule has 0 amide bonds. The topological polar surface area (TPSA) is 77.8 Å². The van der Waals surface area contributed by atoms with Gasteiger partial charge in [-0.15, -0.1) is 0 Å². The molecule has 2 aromatic rings.